The zero-order valence-corrected chi connectivity index (χ0v) is 29.7. The molecular formula is C42H58O4. The number of hydrogen-bond donors (Lipinski definition) is 3. The van der Waals surface area contributed by atoms with Crippen LogP contribution >= 0.6 is 0 Å². The molecule has 46 heavy (non-hydrogen) atoms. The molecule has 0 aliphatic rings. The van der Waals surface area contributed by atoms with Gasteiger partial charge in [0.2, 0.25) is 5.75 Å². The number of aromatic hydroxyl groups is 3. The first-order chi connectivity index (χ1) is 21.6. The summed E-state index contributed by atoms with van der Waals surface area (Å²) in [6.07, 6.45) is 20.4. The fourth-order valence-corrected chi connectivity index (χ4v) is 5.42. The van der Waals surface area contributed by atoms with E-state index in [0.29, 0.717) is 0 Å². The average molecular weight is 627 g/mol. The van der Waals surface area contributed by atoms with Gasteiger partial charge in [0.25, 0.3) is 0 Å². The summed E-state index contributed by atoms with van der Waals surface area (Å²) in [4.78, 5) is 0. The Morgan fingerprint density at radius 2 is 1.11 bits per heavy atom. The summed E-state index contributed by atoms with van der Waals surface area (Å²) >= 11 is 0. The van der Waals surface area contributed by atoms with E-state index in [-0.39, 0.29) is 34.2 Å². The summed E-state index contributed by atoms with van der Waals surface area (Å²) < 4.78 is 6.02. The molecule has 0 amide bonds. The highest BCUT2D eigenvalue weighted by Gasteiger charge is 2.27. The van der Waals surface area contributed by atoms with Crippen molar-refractivity contribution >= 4 is 0 Å². The van der Waals surface area contributed by atoms with Crippen LogP contribution in [0.15, 0.2) is 102 Å². The molecule has 0 aliphatic heterocycles. The summed E-state index contributed by atoms with van der Waals surface area (Å²) in [5.41, 5.74) is 6.25. The largest absolute Gasteiger partial charge is 0.504 e. The maximum Gasteiger partial charge on any atom is 0.201 e. The number of rotatable bonds is 18. The minimum Gasteiger partial charge on any atom is -0.504 e. The van der Waals surface area contributed by atoms with Crippen LogP contribution in [0.1, 0.15) is 118 Å². The lowest BCUT2D eigenvalue weighted by atomic mass is 9.78. The first-order valence-electron chi connectivity index (χ1n) is 16.6. The molecule has 0 heterocycles. The molecule has 2 aromatic carbocycles. The number of hydrogen-bond acceptors (Lipinski definition) is 4. The van der Waals surface area contributed by atoms with Crippen molar-refractivity contribution in [3.63, 3.8) is 0 Å². The van der Waals surface area contributed by atoms with E-state index in [1.807, 2.05) is 18.2 Å². The minimum atomic E-state index is -0.476. The van der Waals surface area contributed by atoms with Crippen LogP contribution in [-0.2, 0) is 10.8 Å². The molecule has 0 aliphatic carbocycles. The SMILES string of the molecule is C=CC(C)(CC/C=C(\C)CCC=C(C)C)c1ccc(Oc2cc(C(C)(C=C)CC/C=C(\C)CCC=C(C)C)cc(O)c2O)c(O)c1. The van der Waals surface area contributed by atoms with Gasteiger partial charge in [-0.15, -0.1) is 13.2 Å². The van der Waals surface area contributed by atoms with Crippen molar-refractivity contribution in [2.75, 3.05) is 0 Å². The van der Waals surface area contributed by atoms with Gasteiger partial charge in [-0.3, -0.25) is 0 Å². The Bertz CT molecular complexity index is 1460. The monoisotopic (exact) mass is 626 g/mol. The molecule has 0 saturated carbocycles. The second-order valence-electron chi connectivity index (χ2n) is 13.7. The summed E-state index contributed by atoms with van der Waals surface area (Å²) in [5.74, 6) is -0.458. The van der Waals surface area contributed by atoms with E-state index >= 15 is 0 Å². The molecule has 0 saturated heterocycles. The van der Waals surface area contributed by atoms with Gasteiger partial charge in [-0.05, 0) is 128 Å². The maximum atomic E-state index is 11.0. The summed E-state index contributed by atoms with van der Waals surface area (Å²) in [6.45, 7) is 25.2. The van der Waals surface area contributed by atoms with E-state index in [4.69, 9.17) is 4.74 Å². The van der Waals surface area contributed by atoms with Crippen molar-refractivity contribution in [1.82, 2.24) is 0 Å². The van der Waals surface area contributed by atoms with Gasteiger partial charge in [-0.2, -0.15) is 0 Å². The molecule has 0 bridgehead atoms. The first-order valence-corrected chi connectivity index (χ1v) is 16.6. The van der Waals surface area contributed by atoms with E-state index in [0.717, 1.165) is 62.5 Å². The quantitative estimate of drug-likeness (QED) is 0.114. The Labute approximate surface area is 279 Å². The number of allylic oxidation sites excluding steroid dienone is 10. The van der Waals surface area contributed by atoms with Crippen molar-refractivity contribution in [1.29, 1.82) is 0 Å². The predicted octanol–water partition coefficient (Wildman–Crippen LogP) is 12.4. The van der Waals surface area contributed by atoms with Crippen LogP contribution in [0.4, 0.5) is 0 Å². The van der Waals surface area contributed by atoms with E-state index in [1.165, 1.54) is 22.3 Å². The van der Waals surface area contributed by atoms with Crippen molar-refractivity contribution in [2.24, 2.45) is 0 Å². The third-order valence-electron chi connectivity index (χ3n) is 8.95. The second-order valence-corrected chi connectivity index (χ2v) is 13.7. The van der Waals surface area contributed by atoms with E-state index < -0.39 is 5.41 Å². The van der Waals surface area contributed by atoms with Crippen molar-refractivity contribution in [2.45, 2.75) is 118 Å². The molecule has 4 nitrogen and oxygen atoms in total. The van der Waals surface area contributed by atoms with Crippen molar-refractivity contribution in [3.8, 4) is 28.7 Å². The number of phenolic OH excluding ortho intramolecular Hbond substituents is 3. The molecular weight excluding hydrogens is 568 g/mol. The molecule has 4 heteroatoms. The Balaban J connectivity index is 2.23. The maximum absolute atomic E-state index is 11.0. The highest BCUT2D eigenvalue weighted by atomic mass is 16.5. The van der Waals surface area contributed by atoms with E-state index in [9.17, 15) is 15.3 Å². The zero-order valence-electron chi connectivity index (χ0n) is 29.7. The number of ether oxygens (including phenoxy) is 1. The number of phenols is 3. The van der Waals surface area contributed by atoms with Gasteiger partial charge in [-0.1, -0.05) is 78.7 Å². The highest BCUT2D eigenvalue weighted by Crippen LogP contribution is 2.45. The normalized spacial score (nSPS) is 14.5. The Hall–Kier alpha value is -3.92. The highest BCUT2D eigenvalue weighted by molar-refractivity contribution is 5.57. The van der Waals surface area contributed by atoms with Gasteiger partial charge in [0.15, 0.2) is 23.0 Å². The lowest BCUT2D eigenvalue weighted by Crippen LogP contribution is -2.18. The van der Waals surface area contributed by atoms with Crippen LogP contribution in [-0.4, -0.2) is 15.3 Å². The predicted molar refractivity (Wildman–Crippen MR) is 196 cm³/mol. The third-order valence-corrected chi connectivity index (χ3v) is 8.95. The van der Waals surface area contributed by atoms with Crippen LogP contribution in [0.5, 0.6) is 28.7 Å². The smallest absolute Gasteiger partial charge is 0.201 e. The fraction of sp³-hybridized carbons (Fsp3) is 0.429. The molecule has 250 valence electrons. The minimum absolute atomic E-state index is 0.0523. The first kappa shape index (κ1) is 38.3. The van der Waals surface area contributed by atoms with Gasteiger partial charge in [0, 0.05) is 10.8 Å². The Kier molecular flexibility index (Phi) is 14.7. The lowest BCUT2D eigenvalue weighted by molar-refractivity contribution is 0.359. The molecule has 2 unspecified atom stereocenters. The standard InChI is InChI=1S/C42H58O4/c1-11-41(9,25-15-21-32(7)19-13-17-30(3)4)34-23-24-38(36(43)27-34)46-39-29-35(28-37(44)40(39)45)42(10,12-2)26-16-22-33(8)20-14-18-31(5)6/h11-12,17-18,21-24,27-29,43-45H,1-2,13-16,19-20,25-26H2,3-10H3/b32-21+,33-22+. The average Bonchev–Trinajstić information content (AvgIpc) is 2.99. The van der Waals surface area contributed by atoms with E-state index in [1.54, 1.807) is 24.3 Å². The second kappa shape index (κ2) is 17.7. The van der Waals surface area contributed by atoms with Crippen LogP contribution in [0.25, 0.3) is 0 Å². The van der Waals surface area contributed by atoms with Gasteiger partial charge < -0.3 is 20.1 Å². The molecule has 0 spiro atoms. The molecule has 2 aromatic rings. The van der Waals surface area contributed by atoms with Crippen molar-refractivity contribution < 1.29 is 20.1 Å². The van der Waals surface area contributed by atoms with Crippen LogP contribution < -0.4 is 4.74 Å². The third kappa shape index (κ3) is 11.5. The van der Waals surface area contributed by atoms with Gasteiger partial charge in [0.05, 0.1) is 0 Å². The molecule has 2 rings (SSSR count). The summed E-state index contributed by atoms with van der Waals surface area (Å²) in [7, 11) is 0. The van der Waals surface area contributed by atoms with Gasteiger partial charge >= 0.3 is 0 Å². The topological polar surface area (TPSA) is 69.9 Å². The van der Waals surface area contributed by atoms with E-state index in [2.05, 4.69) is 92.9 Å². The molecule has 3 N–H and O–H groups in total. The summed E-state index contributed by atoms with van der Waals surface area (Å²) in [5, 5.41) is 32.4. The molecule has 0 fully saturated rings. The zero-order chi connectivity index (χ0) is 34.5. The fourth-order valence-electron chi connectivity index (χ4n) is 5.42. The van der Waals surface area contributed by atoms with Gasteiger partial charge in [-0.25, -0.2) is 0 Å². The Morgan fingerprint density at radius 1 is 0.630 bits per heavy atom. The summed E-state index contributed by atoms with van der Waals surface area (Å²) in [6, 6.07) is 8.60. The van der Waals surface area contributed by atoms with Gasteiger partial charge in [0.1, 0.15) is 0 Å². The van der Waals surface area contributed by atoms with Crippen molar-refractivity contribution in [3.05, 3.63) is 113 Å². The molecule has 0 radical (unpaired) electrons. The molecule has 2 atom stereocenters. The van der Waals surface area contributed by atoms with Crippen LogP contribution in [0, 0.1) is 0 Å². The van der Waals surface area contributed by atoms with Crippen LogP contribution in [0.2, 0.25) is 0 Å². The van der Waals surface area contributed by atoms with Crippen LogP contribution in [0.3, 0.4) is 0 Å². The lowest BCUT2D eigenvalue weighted by Gasteiger charge is -2.28. The Morgan fingerprint density at radius 3 is 1.57 bits per heavy atom. The number of benzene rings is 2. The molecule has 0 aromatic heterocycles.